The molecule has 0 aliphatic rings. The number of nitrogens with one attached hydrogen (secondary N) is 1. The summed E-state index contributed by atoms with van der Waals surface area (Å²) in [5, 5.41) is 12.1. The first-order valence-corrected chi connectivity index (χ1v) is 7.74. The van der Waals surface area contributed by atoms with Gasteiger partial charge in [-0.25, -0.2) is 0 Å². The van der Waals surface area contributed by atoms with Crippen LogP contribution in [0.4, 0.5) is 13.2 Å². The van der Waals surface area contributed by atoms with Gasteiger partial charge in [-0.2, -0.15) is 0 Å². The zero-order valence-electron chi connectivity index (χ0n) is 13.5. The van der Waals surface area contributed by atoms with E-state index >= 15 is 0 Å². The van der Waals surface area contributed by atoms with Crippen LogP contribution >= 0.6 is 0 Å². The fraction of sp³-hybridized carbons (Fsp3) is 0.562. The van der Waals surface area contributed by atoms with E-state index in [-0.39, 0.29) is 30.7 Å². The Morgan fingerprint density at radius 3 is 2.46 bits per heavy atom. The van der Waals surface area contributed by atoms with E-state index in [0.717, 1.165) is 12.0 Å². The zero-order valence-corrected chi connectivity index (χ0v) is 13.5. The van der Waals surface area contributed by atoms with Crippen molar-refractivity contribution in [2.75, 3.05) is 13.2 Å². The second kappa shape index (κ2) is 9.48. The van der Waals surface area contributed by atoms with Gasteiger partial charge in [0.2, 0.25) is 5.91 Å². The van der Waals surface area contributed by atoms with E-state index in [9.17, 15) is 23.1 Å². The third-order valence-electron chi connectivity index (χ3n) is 3.44. The Morgan fingerprint density at radius 1 is 1.33 bits per heavy atom. The minimum Gasteiger partial charge on any atom is -0.406 e. The molecule has 24 heavy (non-hydrogen) atoms. The minimum absolute atomic E-state index is 0.163. The van der Waals surface area contributed by atoms with Crippen LogP contribution in [0.15, 0.2) is 24.3 Å². The van der Waals surface area contributed by atoms with Crippen molar-refractivity contribution < 1.29 is 27.8 Å². The number of rotatable bonds is 9. The van der Waals surface area contributed by atoms with Gasteiger partial charge >= 0.3 is 6.36 Å². The van der Waals surface area contributed by atoms with Crippen molar-refractivity contribution in [1.82, 2.24) is 5.32 Å². The highest BCUT2D eigenvalue weighted by atomic mass is 19.4. The molecule has 1 aromatic rings. The molecule has 1 aromatic carbocycles. The summed E-state index contributed by atoms with van der Waals surface area (Å²) in [6.07, 6.45) is -2.94. The van der Waals surface area contributed by atoms with Crippen LogP contribution in [-0.2, 0) is 11.2 Å². The number of hydrogen-bond donors (Lipinski definition) is 3. The maximum atomic E-state index is 12.1. The highest BCUT2D eigenvalue weighted by molar-refractivity contribution is 5.81. The summed E-state index contributed by atoms with van der Waals surface area (Å²) < 4.78 is 40.1. The van der Waals surface area contributed by atoms with Crippen molar-refractivity contribution in [1.29, 1.82) is 0 Å². The molecule has 2 unspecified atom stereocenters. The van der Waals surface area contributed by atoms with Crippen LogP contribution in [-0.4, -0.2) is 36.6 Å². The van der Waals surface area contributed by atoms with E-state index in [0.29, 0.717) is 12.8 Å². The Hall–Kier alpha value is -1.80. The molecule has 8 heteroatoms. The average molecular weight is 348 g/mol. The van der Waals surface area contributed by atoms with Crippen LogP contribution in [0.5, 0.6) is 5.75 Å². The summed E-state index contributed by atoms with van der Waals surface area (Å²) in [7, 11) is 0. The average Bonchev–Trinajstić information content (AvgIpc) is 2.51. The van der Waals surface area contributed by atoms with Gasteiger partial charge in [-0.1, -0.05) is 25.5 Å². The van der Waals surface area contributed by atoms with Gasteiger partial charge in [0.1, 0.15) is 5.75 Å². The molecular formula is C16H23F3N2O3. The number of halogens is 3. The predicted molar refractivity (Wildman–Crippen MR) is 83.3 cm³/mol. The Kier molecular flexibility index (Phi) is 8.00. The number of hydrogen-bond acceptors (Lipinski definition) is 4. The first-order valence-electron chi connectivity index (χ1n) is 7.74. The van der Waals surface area contributed by atoms with Crippen molar-refractivity contribution in [2.45, 2.75) is 38.6 Å². The summed E-state index contributed by atoms with van der Waals surface area (Å²) >= 11 is 0. The highest BCUT2D eigenvalue weighted by Crippen LogP contribution is 2.23. The zero-order chi connectivity index (χ0) is 18.2. The number of nitrogens with two attached hydrogens (primary N) is 1. The van der Waals surface area contributed by atoms with E-state index in [1.807, 2.05) is 6.92 Å². The molecule has 5 nitrogen and oxygen atoms in total. The third-order valence-corrected chi connectivity index (χ3v) is 3.44. The number of ether oxygens (including phenoxy) is 1. The summed E-state index contributed by atoms with van der Waals surface area (Å²) in [6, 6.07) is 4.84. The molecule has 2 atom stereocenters. The smallest absolute Gasteiger partial charge is 0.406 e. The maximum absolute atomic E-state index is 12.1. The summed E-state index contributed by atoms with van der Waals surface area (Å²) in [4.78, 5) is 11.7. The first-order chi connectivity index (χ1) is 11.2. The minimum atomic E-state index is -4.73. The van der Waals surface area contributed by atoms with Gasteiger partial charge in [0.05, 0.1) is 6.04 Å². The van der Waals surface area contributed by atoms with Crippen LogP contribution < -0.4 is 15.8 Å². The van der Waals surface area contributed by atoms with Crippen LogP contribution in [0.25, 0.3) is 0 Å². The van der Waals surface area contributed by atoms with Gasteiger partial charge in [0.25, 0.3) is 0 Å². The summed E-state index contributed by atoms with van der Waals surface area (Å²) in [5.74, 6) is -0.827. The molecule has 1 rings (SSSR count). The van der Waals surface area contributed by atoms with Crippen LogP contribution in [0, 0.1) is 5.92 Å². The van der Waals surface area contributed by atoms with E-state index in [1.54, 1.807) is 0 Å². The quantitative estimate of drug-likeness (QED) is 0.637. The normalized spacial score (nSPS) is 14.1. The monoisotopic (exact) mass is 348 g/mol. The SMILES string of the molecule is CCCC(N)C(=O)NCC(CO)Cc1ccc(OC(F)(F)F)cc1. The van der Waals surface area contributed by atoms with Crippen molar-refractivity contribution in [3.63, 3.8) is 0 Å². The second-order valence-corrected chi connectivity index (χ2v) is 5.58. The van der Waals surface area contributed by atoms with E-state index in [1.165, 1.54) is 24.3 Å². The summed E-state index contributed by atoms with van der Waals surface area (Å²) in [6.45, 7) is 2.01. The molecule has 136 valence electrons. The van der Waals surface area contributed by atoms with Crippen molar-refractivity contribution >= 4 is 5.91 Å². The lowest BCUT2D eigenvalue weighted by atomic mass is 9.99. The number of amides is 1. The number of benzene rings is 1. The Balaban J connectivity index is 2.51. The Bertz CT molecular complexity index is 506. The highest BCUT2D eigenvalue weighted by Gasteiger charge is 2.30. The third kappa shape index (κ3) is 7.65. The van der Waals surface area contributed by atoms with Crippen molar-refractivity contribution in [3.05, 3.63) is 29.8 Å². The molecule has 0 aromatic heterocycles. The molecule has 0 fully saturated rings. The van der Waals surface area contributed by atoms with E-state index < -0.39 is 12.4 Å². The van der Waals surface area contributed by atoms with E-state index in [2.05, 4.69) is 10.1 Å². The lowest BCUT2D eigenvalue weighted by Crippen LogP contribution is -2.43. The maximum Gasteiger partial charge on any atom is 0.573 e. The Morgan fingerprint density at radius 2 is 1.96 bits per heavy atom. The van der Waals surface area contributed by atoms with Crippen LogP contribution in [0.1, 0.15) is 25.3 Å². The van der Waals surface area contributed by atoms with Gasteiger partial charge in [-0.05, 0) is 30.5 Å². The molecule has 0 aliphatic heterocycles. The van der Waals surface area contributed by atoms with Gasteiger partial charge in [-0.15, -0.1) is 13.2 Å². The molecule has 0 spiro atoms. The molecular weight excluding hydrogens is 325 g/mol. The number of aliphatic hydroxyl groups is 1. The second-order valence-electron chi connectivity index (χ2n) is 5.58. The molecule has 0 aliphatic carbocycles. The first kappa shape index (κ1) is 20.2. The fourth-order valence-corrected chi connectivity index (χ4v) is 2.18. The van der Waals surface area contributed by atoms with Gasteiger partial charge < -0.3 is 20.9 Å². The predicted octanol–water partition coefficient (Wildman–Crippen LogP) is 1.98. The number of alkyl halides is 3. The van der Waals surface area contributed by atoms with Crippen molar-refractivity contribution in [2.24, 2.45) is 11.7 Å². The number of carbonyl (C=O) groups excluding carboxylic acids is 1. The molecule has 0 saturated carbocycles. The van der Waals surface area contributed by atoms with Crippen LogP contribution in [0.3, 0.4) is 0 Å². The molecule has 0 heterocycles. The number of aliphatic hydroxyl groups excluding tert-OH is 1. The number of carbonyl (C=O) groups is 1. The topological polar surface area (TPSA) is 84.6 Å². The molecule has 0 bridgehead atoms. The van der Waals surface area contributed by atoms with Gasteiger partial charge in [0.15, 0.2) is 0 Å². The standard InChI is InChI=1S/C16H23F3N2O3/c1-2-3-14(20)15(23)21-9-12(10-22)8-11-4-6-13(7-5-11)24-16(17,18)19/h4-7,12,14,22H,2-3,8-10,20H2,1H3,(H,21,23). The van der Waals surface area contributed by atoms with Gasteiger partial charge in [-0.3, -0.25) is 4.79 Å². The van der Waals surface area contributed by atoms with Crippen molar-refractivity contribution in [3.8, 4) is 5.75 Å². The molecule has 4 N–H and O–H groups in total. The Labute approximate surface area is 139 Å². The van der Waals surface area contributed by atoms with Crippen LogP contribution in [0.2, 0.25) is 0 Å². The fourth-order valence-electron chi connectivity index (χ4n) is 2.18. The van der Waals surface area contributed by atoms with Gasteiger partial charge in [0, 0.05) is 19.1 Å². The summed E-state index contributed by atoms with van der Waals surface area (Å²) in [5.41, 5.74) is 6.43. The van der Waals surface area contributed by atoms with E-state index in [4.69, 9.17) is 5.73 Å². The lowest BCUT2D eigenvalue weighted by Gasteiger charge is -2.17. The molecule has 1 amide bonds. The molecule has 0 radical (unpaired) electrons. The molecule has 0 saturated heterocycles. The lowest BCUT2D eigenvalue weighted by molar-refractivity contribution is -0.274. The largest absolute Gasteiger partial charge is 0.573 e.